The summed E-state index contributed by atoms with van der Waals surface area (Å²) in [7, 11) is 0. The minimum absolute atomic E-state index is 0.239. The van der Waals surface area contributed by atoms with E-state index < -0.39 is 0 Å². The maximum absolute atomic E-state index is 5.92. The number of allylic oxidation sites excluding steroid dienone is 2. The Bertz CT molecular complexity index is 206. The first-order valence-corrected chi connectivity index (χ1v) is 4.26. The number of rotatable bonds is 0. The highest BCUT2D eigenvalue weighted by atomic mass is 14.9. The van der Waals surface area contributed by atoms with E-state index in [9.17, 15) is 0 Å². The zero-order valence-corrected chi connectivity index (χ0v) is 6.59. The summed E-state index contributed by atoms with van der Waals surface area (Å²) in [6, 6.07) is 0.239. The van der Waals surface area contributed by atoms with Crippen LogP contribution in [0.4, 0.5) is 0 Å². The van der Waals surface area contributed by atoms with Gasteiger partial charge in [-0.3, -0.25) is 0 Å². The molecule has 0 amide bonds. The monoisotopic (exact) mass is 150 g/mol. The second kappa shape index (κ2) is 2.70. The lowest BCUT2D eigenvalue weighted by atomic mass is 9.86. The van der Waals surface area contributed by atoms with Gasteiger partial charge in [-0.15, -0.1) is 0 Å². The van der Waals surface area contributed by atoms with Gasteiger partial charge in [0.25, 0.3) is 0 Å². The second-order valence-corrected chi connectivity index (χ2v) is 3.26. The maximum atomic E-state index is 5.92. The standard InChI is InChI=1S/C9H14N2/c10-8-4-1-5-9-7(8)3-2-6-11-9/h1,4-5,7-8,11H,2-3,6,10H2. The van der Waals surface area contributed by atoms with Crippen molar-refractivity contribution in [3.63, 3.8) is 0 Å². The van der Waals surface area contributed by atoms with Crippen molar-refractivity contribution in [2.75, 3.05) is 6.54 Å². The lowest BCUT2D eigenvalue weighted by Crippen LogP contribution is -2.39. The Balaban J connectivity index is 2.18. The van der Waals surface area contributed by atoms with Crippen molar-refractivity contribution in [1.29, 1.82) is 0 Å². The second-order valence-electron chi connectivity index (χ2n) is 3.26. The van der Waals surface area contributed by atoms with Gasteiger partial charge in [0.15, 0.2) is 0 Å². The van der Waals surface area contributed by atoms with Crippen molar-refractivity contribution in [2.45, 2.75) is 18.9 Å². The van der Waals surface area contributed by atoms with Gasteiger partial charge in [-0.1, -0.05) is 12.2 Å². The van der Waals surface area contributed by atoms with E-state index in [-0.39, 0.29) is 6.04 Å². The van der Waals surface area contributed by atoms with Crippen LogP contribution in [-0.4, -0.2) is 12.6 Å². The first-order valence-electron chi connectivity index (χ1n) is 4.26. The highest BCUT2D eigenvalue weighted by Crippen LogP contribution is 2.25. The van der Waals surface area contributed by atoms with Crippen molar-refractivity contribution in [3.05, 3.63) is 23.9 Å². The molecule has 0 aromatic rings. The van der Waals surface area contributed by atoms with Gasteiger partial charge < -0.3 is 11.1 Å². The first-order chi connectivity index (χ1) is 5.38. The average molecular weight is 150 g/mol. The number of piperidine rings is 1. The molecule has 1 saturated heterocycles. The molecule has 1 fully saturated rings. The molecule has 0 aromatic carbocycles. The Hall–Kier alpha value is -0.760. The van der Waals surface area contributed by atoms with Crippen LogP contribution in [0, 0.1) is 5.92 Å². The normalized spacial score (nSPS) is 35.5. The molecular formula is C9H14N2. The van der Waals surface area contributed by atoms with Gasteiger partial charge in [0.2, 0.25) is 0 Å². The van der Waals surface area contributed by atoms with Crippen molar-refractivity contribution in [2.24, 2.45) is 11.7 Å². The van der Waals surface area contributed by atoms with E-state index >= 15 is 0 Å². The molecule has 1 aliphatic heterocycles. The number of hydrogen-bond donors (Lipinski definition) is 2. The average Bonchev–Trinajstić information content (AvgIpc) is 2.06. The largest absolute Gasteiger partial charge is 0.388 e. The van der Waals surface area contributed by atoms with Crippen LogP contribution in [0.15, 0.2) is 23.9 Å². The van der Waals surface area contributed by atoms with E-state index in [0.717, 1.165) is 6.54 Å². The molecule has 1 heterocycles. The molecule has 0 bridgehead atoms. The van der Waals surface area contributed by atoms with Gasteiger partial charge in [-0.05, 0) is 18.9 Å². The van der Waals surface area contributed by atoms with Crippen LogP contribution in [0.5, 0.6) is 0 Å². The summed E-state index contributed by atoms with van der Waals surface area (Å²) < 4.78 is 0. The minimum atomic E-state index is 0.239. The van der Waals surface area contributed by atoms with Crippen molar-refractivity contribution in [3.8, 4) is 0 Å². The summed E-state index contributed by atoms with van der Waals surface area (Å²) in [4.78, 5) is 0. The minimum Gasteiger partial charge on any atom is -0.388 e. The van der Waals surface area contributed by atoms with Crippen molar-refractivity contribution >= 4 is 0 Å². The van der Waals surface area contributed by atoms with E-state index in [1.807, 2.05) is 0 Å². The Labute approximate surface area is 67.2 Å². The Morgan fingerprint density at radius 1 is 1.55 bits per heavy atom. The van der Waals surface area contributed by atoms with Crippen molar-refractivity contribution < 1.29 is 0 Å². The van der Waals surface area contributed by atoms with E-state index in [1.165, 1.54) is 18.5 Å². The SMILES string of the molecule is NC1C=CC=C2NCCCC21. The third-order valence-electron chi connectivity index (χ3n) is 2.49. The zero-order valence-electron chi connectivity index (χ0n) is 6.59. The number of fused-ring (bicyclic) bond motifs is 1. The molecule has 0 saturated carbocycles. The third-order valence-corrected chi connectivity index (χ3v) is 2.49. The molecule has 2 nitrogen and oxygen atoms in total. The Morgan fingerprint density at radius 3 is 3.27 bits per heavy atom. The topological polar surface area (TPSA) is 38.0 Å². The zero-order chi connectivity index (χ0) is 7.68. The van der Waals surface area contributed by atoms with Gasteiger partial charge in [0.1, 0.15) is 0 Å². The lowest BCUT2D eigenvalue weighted by molar-refractivity contribution is 0.408. The van der Waals surface area contributed by atoms with Crippen LogP contribution in [0.2, 0.25) is 0 Å². The Kier molecular flexibility index (Phi) is 1.70. The van der Waals surface area contributed by atoms with Crippen LogP contribution in [-0.2, 0) is 0 Å². The number of nitrogens with two attached hydrogens (primary N) is 1. The molecule has 0 spiro atoms. The highest BCUT2D eigenvalue weighted by molar-refractivity contribution is 5.24. The third kappa shape index (κ3) is 1.18. The lowest BCUT2D eigenvalue weighted by Gasteiger charge is -2.31. The summed E-state index contributed by atoms with van der Waals surface area (Å²) in [6.07, 6.45) is 8.77. The van der Waals surface area contributed by atoms with Gasteiger partial charge >= 0.3 is 0 Å². The molecule has 0 aromatic heterocycles. The quantitative estimate of drug-likeness (QED) is 0.535. The fraction of sp³-hybridized carbons (Fsp3) is 0.556. The smallest absolute Gasteiger partial charge is 0.0310 e. The van der Waals surface area contributed by atoms with E-state index in [4.69, 9.17) is 5.73 Å². The van der Waals surface area contributed by atoms with Gasteiger partial charge in [0, 0.05) is 24.2 Å². The molecule has 2 heteroatoms. The molecular weight excluding hydrogens is 136 g/mol. The molecule has 60 valence electrons. The summed E-state index contributed by atoms with van der Waals surface area (Å²) in [5, 5.41) is 3.38. The number of nitrogens with one attached hydrogen (secondary N) is 1. The summed E-state index contributed by atoms with van der Waals surface area (Å²) in [5.41, 5.74) is 7.26. The predicted octanol–water partition coefficient (Wildman–Crippen LogP) is 0.767. The maximum Gasteiger partial charge on any atom is 0.0310 e. The molecule has 2 unspecified atom stereocenters. The Morgan fingerprint density at radius 2 is 2.45 bits per heavy atom. The summed E-state index contributed by atoms with van der Waals surface area (Å²) in [5.74, 6) is 0.564. The molecule has 2 atom stereocenters. The van der Waals surface area contributed by atoms with Crippen LogP contribution >= 0.6 is 0 Å². The van der Waals surface area contributed by atoms with E-state index in [0.29, 0.717) is 5.92 Å². The number of hydrogen-bond acceptors (Lipinski definition) is 2. The molecule has 2 rings (SSSR count). The fourth-order valence-electron chi connectivity index (χ4n) is 1.85. The first kappa shape index (κ1) is 6.92. The van der Waals surface area contributed by atoms with Gasteiger partial charge in [-0.2, -0.15) is 0 Å². The van der Waals surface area contributed by atoms with Gasteiger partial charge in [0.05, 0.1) is 0 Å². The fourth-order valence-corrected chi connectivity index (χ4v) is 1.85. The predicted molar refractivity (Wildman–Crippen MR) is 45.9 cm³/mol. The van der Waals surface area contributed by atoms with Crippen LogP contribution in [0.1, 0.15) is 12.8 Å². The van der Waals surface area contributed by atoms with Crippen molar-refractivity contribution in [1.82, 2.24) is 5.32 Å². The summed E-state index contributed by atoms with van der Waals surface area (Å²) in [6.45, 7) is 1.11. The molecule has 11 heavy (non-hydrogen) atoms. The van der Waals surface area contributed by atoms with E-state index in [2.05, 4.69) is 23.5 Å². The van der Waals surface area contributed by atoms with Crippen LogP contribution < -0.4 is 11.1 Å². The van der Waals surface area contributed by atoms with Gasteiger partial charge in [-0.25, -0.2) is 0 Å². The molecule has 1 aliphatic carbocycles. The summed E-state index contributed by atoms with van der Waals surface area (Å²) >= 11 is 0. The molecule has 3 N–H and O–H groups in total. The highest BCUT2D eigenvalue weighted by Gasteiger charge is 2.24. The molecule has 0 radical (unpaired) electrons. The van der Waals surface area contributed by atoms with E-state index in [1.54, 1.807) is 0 Å². The van der Waals surface area contributed by atoms with Crippen LogP contribution in [0.25, 0.3) is 0 Å². The van der Waals surface area contributed by atoms with Crippen LogP contribution in [0.3, 0.4) is 0 Å². The molecule has 2 aliphatic rings.